The lowest BCUT2D eigenvalue weighted by atomic mass is 10.1. The van der Waals surface area contributed by atoms with Crippen molar-refractivity contribution in [2.75, 3.05) is 13.7 Å². The molecule has 2 amide bonds. The number of hydrogen-bond acceptors (Lipinski definition) is 4. The first kappa shape index (κ1) is 12.2. The van der Waals surface area contributed by atoms with Crippen LogP contribution in [0.25, 0.3) is 0 Å². The lowest BCUT2D eigenvalue weighted by Crippen LogP contribution is -2.27. The summed E-state index contributed by atoms with van der Waals surface area (Å²) in [5, 5.41) is 0. The van der Waals surface area contributed by atoms with Gasteiger partial charge in [-0.05, 0) is 6.92 Å². The average Bonchev–Trinajstić information content (AvgIpc) is 2.60. The third kappa shape index (κ3) is 2.59. The van der Waals surface area contributed by atoms with E-state index in [9.17, 15) is 14.4 Å². The van der Waals surface area contributed by atoms with Gasteiger partial charge in [-0.1, -0.05) is 0 Å². The van der Waals surface area contributed by atoms with Crippen LogP contribution in [0.4, 0.5) is 0 Å². The van der Waals surface area contributed by atoms with Crippen LogP contribution in [0.2, 0.25) is 0 Å². The van der Waals surface area contributed by atoms with E-state index in [-0.39, 0.29) is 18.9 Å². The van der Waals surface area contributed by atoms with Gasteiger partial charge < -0.3 is 15.4 Å². The number of ether oxygens (including phenoxy) is 1. The molecule has 0 aromatic carbocycles. The maximum Gasteiger partial charge on any atom is 0.332 e. The molecule has 0 aromatic rings. The van der Waals surface area contributed by atoms with E-state index in [4.69, 9.17) is 5.73 Å². The molecule has 1 unspecified atom stereocenters. The van der Waals surface area contributed by atoms with Crippen molar-refractivity contribution in [1.29, 1.82) is 0 Å². The summed E-state index contributed by atoms with van der Waals surface area (Å²) >= 11 is 0. The highest BCUT2D eigenvalue weighted by molar-refractivity contribution is 5.90. The highest BCUT2D eigenvalue weighted by Crippen LogP contribution is 2.21. The number of methoxy groups -OCH3 is 1. The second-order valence-electron chi connectivity index (χ2n) is 3.62. The Morgan fingerprint density at radius 3 is 2.62 bits per heavy atom. The minimum atomic E-state index is -0.534. The molecule has 1 heterocycles. The molecule has 16 heavy (non-hydrogen) atoms. The van der Waals surface area contributed by atoms with E-state index in [2.05, 4.69) is 4.74 Å². The predicted molar refractivity (Wildman–Crippen MR) is 54.8 cm³/mol. The number of carbonyl (C=O) groups excluding carboxylic acids is 3. The molecular weight excluding hydrogens is 212 g/mol. The molecule has 0 spiro atoms. The van der Waals surface area contributed by atoms with Crippen molar-refractivity contribution in [2.45, 2.75) is 13.3 Å². The molecule has 1 rings (SSSR count). The third-order valence-electron chi connectivity index (χ3n) is 2.48. The van der Waals surface area contributed by atoms with Gasteiger partial charge in [0.25, 0.3) is 0 Å². The van der Waals surface area contributed by atoms with Crippen molar-refractivity contribution in [3.8, 4) is 0 Å². The standard InChI is InChI=1S/C10H14N2O4/c1-6(3-9(14)16-2)12-5-7(10(11)15)4-8(12)13/h3,7H,4-5H2,1-2H3,(H2,11,15). The summed E-state index contributed by atoms with van der Waals surface area (Å²) in [6.07, 6.45) is 1.31. The zero-order valence-corrected chi connectivity index (χ0v) is 9.23. The summed E-state index contributed by atoms with van der Waals surface area (Å²) < 4.78 is 4.45. The Kier molecular flexibility index (Phi) is 3.65. The van der Waals surface area contributed by atoms with Crippen LogP contribution in [0, 0.1) is 5.92 Å². The van der Waals surface area contributed by atoms with Crippen LogP contribution >= 0.6 is 0 Å². The minimum Gasteiger partial charge on any atom is -0.466 e. The van der Waals surface area contributed by atoms with Crippen LogP contribution in [0.5, 0.6) is 0 Å². The van der Waals surface area contributed by atoms with E-state index < -0.39 is 17.8 Å². The van der Waals surface area contributed by atoms with Gasteiger partial charge in [0.2, 0.25) is 11.8 Å². The van der Waals surface area contributed by atoms with Gasteiger partial charge in [-0.25, -0.2) is 4.79 Å². The van der Waals surface area contributed by atoms with E-state index in [1.807, 2.05) is 0 Å². The van der Waals surface area contributed by atoms with Crippen molar-refractivity contribution in [3.05, 3.63) is 11.8 Å². The number of primary amides is 1. The van der Waals surface area contributed by atoms with Gasteiger partial charge >= 0.3 is 5.97 Å². The van der Waals surface area contributed by atoms with E-state index in [1.54, 1.807) is 6.92 Å². The molecule has 1 saturated heterocycles. The number of hydrogen-bond donors (Lipinski definition) is 1. The summed E-state index contributed by atoms with van der Waals surface area (Å²) in [6.45, 7) is 1.84. The summed E-state index contributed by atoms with van der Waals surface area (Å²) in [6, 6.07) is 0. The largest absolute Gasteiger partial charge is 0.466 e. The zero-order chi connectivity index (χ0) is 12.3. The van der Waals surface area contributed by atoms with Crippen molar-refractivity contribution in [3.63, 3.8) is 0 Å². The second-order valence-corrected chi connectivity index (χ2v) is 3.62. The predicted octanol–water partition coefficient (Wildman–Crippen LogP) is -0.603. The Labute approximate surface area is 93.0 Å². The molecule has 0 aromatic heterocycles. The van der Waals surface area contributed by atoms with E-state index >= 15 is 0 Å². The number of likely N-dealkylation sites (tertiary alicyclic amines) is 1. The van der Waals surface area contributed by atoms with Crippen molar-refractivity contribution in [1.82, 2.24) is 4.90 Å². The number of carbonyl (C=O) groups is 3. The normalized spacial score (nSPS) is 21.1. The molecule has 2 N–H and O–H groups in total. The fourth-order valence-corrected chi connectivity index (χ4v) is 1.55. The fraction of sp³-hybridized carbons (Fsp3) is 0.500. The monoisotopic (exact) mass is 226 g/mol. The Hall–Kier alpha value is -1.85. The number of rotatable bonds is 3. The Balaban J connectivity index is 2.75. The summed E-state index contributed by atoms with van der Waals surface area (Å²) in [5.74, 6) is -1.72. The second kappa shape index (κ2) is 4.78. The lowest BCUT2D eigenvalue weighted by molar-refractivity contribution is -0.135. The topological polar surface area (TPSA) is 89.7 Å². The van der Waals surface area contributed by atoms with Gasteiger partial charge in [-0.15, -0.1) is 0 Å². The number of nitrogens with zero attached hydrogens (tertiary/aromatic N) is 1. The minimum absolute atomic E-state index is 0.0989. The van der Waals surface area contributed by atoms with E-state index in [1.165, 1.54) is 18.1 Å². The molecule has 0 aliphatic carbocycles. The molecular formula is C10H14N2O4. The molecule has 6 nitrogen and oxygen atoms in total. The van der Waals surface area contributed by atoms with Crippen LogP contribution in [0.15, 0.2) is 11.8 Å². The van der Waals surface area contributed by atoms with Gasteiger partial charge in [0, 0.05) is 24.7 Å². The molecule has 88 valence electrons. The van der Waals surface area contributed by atoms with Gasteiger partial charge in [0.1, 0.15) is 0 Å². The maximum absolute atomic E-state index is 11.5. The fourth-order valence-electron chi connectivity index (χ4n) is 1.55. The summed E-state index contributed by atoms with van der Waals surface area (Å²) in [4.78, 5) is 34.8. The molecule has 1 aliphatic rings. The van der Waals surface area contributed by atoms with Crippen molar-refractivity contribution in [2.24, 2.45) is 11.7 Å². The summed E-state index contributed by atoms with van der Waals surface area (Å²) in [5.41, 5.74) is 5.58. The molecule has 1 fully saturated rings. The number of allylic oxidation sites excluding steroid dienone is 1. The quantitative estimate of drug-likeness (QED) is 0.514. The van der Waals surface area contributed by atoms with Gasteiger partial charge in [0.15, 0.2) is 0 Å². The van der Waals surface area contributed by atoms with Crippen molar-refractivity contribution >= 4 is 17.8 Å². The number of amides is 2. The number of esters is 1. The maximum atomic E-state index is 11.5. The van der Waals surface area contributed by atoms with E-state index in [0.717, 1.165) is 0 Å². The molecule has 0 saturated carbocycles. The SMILES string of the molecule is COC(=O)C=C(C)N1CC(C(N)=O)CC1=O. The molecule has 6 heteroatoms. The smallest absolute Gasteiger partial charge is 0.332 e. The molecule has 1 aliphatic heterocycles. The van der Waals surface area contributed by atoms with E-state index in [0.29, 0.717) is 5.70 Å². The molecule has 0 radical (unpaired) electrons. The van der Waals surface area contributed by atoms with Crippen LogP contribution in [0.3, 0.4) is 0 Å². The molecule has 0 bridgehead atoms. The van der Waals surface area contributed by atoms with Crippen LogP contribution in [-0.2, 0) is 19.1 Å². The average molecular weight is 226 g/mol. The highest BCUT2D eigenvalue weighted by Gasteiger charge is 2.33. The van der Waals surface area contributed by atoms with Crippen LogP contribution < -0.4 is 5.73 Å². The first-order valence-electron chi connectivity index (χ1n) is 4.81. The first-order chi connectivity index (χ1) is 7.45. The highest BCUT2D eigenvalue weighted by atomic mass is 16.5. The summed E-state index contributed by atoms with van der Waals surface area (Å²) in [7, 11) is 1.25. The van der Waals surface area contributed by atoms with Crippen molar-refractivity contribution < 1.29 is 19.1 Å². The van der Waals surface area contributed by atoms with Crippen LogP contribution in [0.1, 0.15) is 13.3 Å². The van der Waals surface area contributed by atoms with Gasteiger partial charge in [-0.3, -0.25) is 9.59 Å². The first-order valence-corrected chi connectivity index (χ1v) is 4.81. The Bertz CT molecular complexity index is 362. The zero-order valence-electron chi connectivity index (χ0n) is 9.23. The Morgan fingerprint density at radius 1 is 1.56 bits per heavy atom. The van der Waals surface area contributed by atoms with Crippen LogP contribution in [-0.4, -0.2) is 36.3 Å². The number of nitrogens with two attached hydrogens (primary N) is 1. The van der Waals surface area contributed by atoms with Gasteiger partial charge in [-0.2, -0.15) is 0 Å². The lowest BCUT2D eigenvalue weighted by Gasteiger charge is -2.16. The van der Waals surface area contributed by atoms with Gasteiger partial charge in [0.05, 0.1) is 13.0 Å². The molecule has 1 atom stereocenters. The Morgan fingerprint density at radius 2 is 2.19 bits per heavy atom. The third-order valence-corrected chi connectivity index (χ3v) is 2.48.